The highest BCUT2D eigenvalue weighted by molar-refractivity contribution is 5.99. The molecule has 3 fully saturated rings. The molecule has 1 amide bonds. The Kier molecular flexibility index (Phi) is 5.65. The highest BCUT2D eigenvalue weighted by atomic mass is 16.6. The number of aromatic amines is 1. The van der Waals surface area contributed by atoms with Crippen LogP contribution in [0.15, 0.2) is 29.1 Å². The fraction of sp³-hybridized carbons (Fsp3) is 0.556. The van der Waals surface area contributed by atoms with Crippen LogP contribution in [0.3, 0.4) is 0 Å². The lowest BCUT2D eigenvalue weighted by Crippen LogP contribution is -2.43. The van der Waals surface area contributed by atoms with Crippen LogP contribution in [0.25, 0.3) is 22.2 Å². The number of anilines is 1. The van der Waals surface area contributed by atoms with E-state index in [2.05, 4.69) is 10.2 Å². The molecular weight excluding hydrogens is 472 g/mol. The number of amides is 1. The first-order valence-electron chi connectivity index (χ1n) is 13.2. The number of carbonyl (C=O) groups is 1. The van der Waals surface area contributed by atoms with E-state index in [9.17, 15) is 9.59 Å². The second-order valence-electron chi connectivity index (χ2n) is 11.7. The van der Waals surface area contributed by atoms with Crippen molar-refractivity contribution in [1.82, 2.24) is 24.9 Å². The minimum Gasteiger partial charge on any atom is -0.490 e. The van der Waals surface area contributed by atoms with Gasteiger partial charge in [-0.15, -0.1) is 0 Å². The number of nitrogens with zero attached hydrogens (tertiary/aromatic N) is 4. The summed E-state index contributed by atoms with van der Waals surface area (Å²) in [7, 11) is 0. The van der Waals surface area contributed by atoms with Gasteiger partial charge in [0.25, 0.3) is 5.56 Å². The predicted octanol–water partition coefficient (Wildman–Crippen LogP) is 4.12. The normalized spacial score (nSPS) is 25.2. The van der Waals surface area contributed by atoms with Gasteiger partial charge in [0.1, 0.15) is 22.6 Å². The number of nitrogen functional groups attached to an aromatic ring is 1. The van der Waals surface area contributed by atoms with Gasteiger partial charge >= 0.3 is 6.09 Å². The number of fused-ring (bicyclic) bond motifs is 2. The molecule has 10 heteroatoms. The van der Waals surface area contributed by atoms with E-state index in [4.69, 9.17) is 20.3 Å². The predicted molar refractivity (Wildman–Crippen MR) is 139 cm³/mol. The van der Waals surface area contributed by atoms with Crippen molar-refractivity contribution in [3.63, 3.8) is 0 Å². The van der Waals surface area contributed by atoms with Crippen LogP contribution >= 0.6 is 0 Å². The fourth-order valence-corrected chi connectivity index (χ4v) is 5.87. The third kappa shape index (κ3) is 4.65. The number of hydrogen-bond acceptors (Lipinski definition) is 7. The third-order valence-electron chi connectivity index (χ3n) is 7.68. The van der Waals surface area contributed by atoms with Crippen molar-refractivity contribution in [2.24, 2.45) is 11.8 Å². The van der Waals surface area contributed by atoms with E-state index in [0.717, 1.165) is 48.8 Å². The SMILES string of the molecule is CC(C)(C)OC(=O)N1CCCC(n2nc(-c3ccc(OC4CC5CC5C4)cc3)c3c(N)n[nH]c(=O)c32)C1. The molecule has 0 bridgehead atoms. The molecule has 1 saturated heterocycles. The van der Waals surface area contributed by atoms with Crippen molar-refractivity contribution in [1.29, 1.82) is 0 Å². The topological polar surface area (TPSA) is 128 Å². The Morgan fingerprint density at radius 2 is 1.86 bits per heavy atom. The fourth-order valence-electron chi connectivity index (χ4n) is 5.87. The Morgan fingerprint density at radius 3 is 2.57 bits per heavy atom. The van der Waals surface area contributed by atoms with E-state index >= 15 is 0 Å². The number of rotatable bonds is 4. The van der Waals surface area contributed by atoms with Crippen LogP contribution in [-0.4, -0.2) is 55.8 Å². The van der Waals surface area contributed by atoms with E-state index in [1.54, 1.807) is 9.58 Å². The van der Waals surface area contributed by atoms with Crippen molar-refractivity contribution in [3.8, 4) is 17.0 Å². The average molecular weight is 507 g/mol. The molecule has 1 aliphatic heterocycles. The number of benzene rings is 1. The lowest BCUT2D eigenvalue weighted by molar-refractivity contribution is 0.0169. The van der Waals surface area contributed by atoms with Crippen molar-refractivity contribution in [3.05, 3.63) is 34.6 Å². The number of H-pyrrole nitrogens is 1. The minimum atomic E-state index is -0.582. The summed E-state index contributed by atoms with van der Waals surface area (Å²) in [5.74, 6) is 2.77. The van der Waals surface area contributed by atoms with Gasteiger partial charge in [-0.3, -0.25) is 9.48 Å². The Hall–Kier alpha value is -3.56. The first-order chi connectivity index (χ1) is 17.7. The molecule has 2 saturated carbocycles. The van der Waals surface area contributed by atoms with Gasteiger partial charge in [0, 0.05) is 18.7 Å². The molecule has 3 atom stereocenters. The van der Waals surface area contributed by atoms with E-state index < -0.39 is 5.60 Å². The Bertz CT molecular complexity index is 1380. The van der Waals surface area contributed by atoms with Crippen LogP contribution in [-0.2, 0) is 4.74 Å². The summed E-state index contributed by atoms with van der Waals surface area (Å²) in [6.07, 6.45) is 5.13. The van der Waals surface area contributed by atoms with E-state index in [1.807, 2.05) is 45.0 Å². The summed E-state index contributed by atoms with van der Waals surface area (Å²) in [6, 6.07) is 7.60. The Balaban J connectivity index is 1.30. The van der Waals surface area contributed by atoms with Crippen LogP contribution in [0.5, 0.6) is 5.75 Å². The smallest absolute Gasteiger partial charge is 0.410 e. The first kappa shape index (κ1) is 23.8. The van der Waals surface area contributed by atoms with E-state index in [1.165, 1.54) is 6.42 Å². The summed E-state index contributed by atoms with van der Waals surface area (Å²) in [5.41, 5.74) is 7.10. The zero-order valence-electron chi connectivity index (χ0n) is 21.6. The lowest BCUT2D eigenvalue weighted by atomic mass is 10.1. The molecule has 10 nitrogen and oxygen atoms in total. The molecule has 2 aromatic heterocycles. The number of carbonyl (C=O) groups excluding carboxylic acids is 1. The van der Waals surface area contributed by atoms with Gasteiger partial charge in [-0.05, 0) is 89.0 Å². The van der Waals surface area contributed by atoms with Crippen molar-refractivity contribution in [2.75, 3.05) is 18.8 Å². The van der Waals surface area contributed by atoms with E-state index in [0.29, 0.717) is 35.8 Å². The van der Waals surface area contributed by atoms with Crippen LogP contribution in [0, 0.1) is 11.8 Å². The van der Waals surface area contributed by atoms with Gasteiger partial charge in [-0.2, -0.15) is 10.2 Å². The number of ether oxygens (including phenoxy) is 2. The molecular formula is C27H34N6O4. The molecule has 3 aliphatic rings. The molecule has 37 heavy (non-hydrogen) atoms. The number of piperidine rings is 1. The number of likely N-dealkylation sites (tertiary alicyclic amines) is 1. The van der Waals surface area contributed by atoms with Gasteiger partial charge in [0.2, 0.25) is 0 Å². The molecule has 0 radical (unpaired) electrons. The third-order valence-corrected chi connectivity index (χ3v) is 7.68. The molecule has 3 unspecified atom stereocenters. The number of hydrogen-bond donors (Lipinski definition) is 2. The lowest BCUT2D eigenvalue weighted by Gasteiger charge is -2.34. The quantitative estimate of drug-likeness (QED) is 0.545. The minimum absolute atomic E-state index is 0.197. The molecule has 0 spiro atoms. The summed E-state index contributed by atoms with van der Waals surface area (Å²) in [5, 5.41) is 11.9. The van der Waals surface area contributed by atoms with E-state index in [-0.39, 0.29) is 23.5 Å². The Labute approximate surface area is 215 Å². The summed E-state index contributed by atoms with van der Waals surface area (Å²) in [4.78, 5) is 27.4. The number of nitrogens with one attached hydrogen (secondary N) is 1. The average Bonchev–Trinajstić information content (AvgIpc) is 3.27. The first-order valence-corrected chi connectivity index (χ1v) is 13.2. The summed E-state index contributed by atoms with van der Waals surface area (Å²) in [6.45, 7) is 6.54. The van der Waals surface area contributed by atoms with Crippen LogP contribution in [0.4, 0.5) is 10.6 Å². The number of aromatic nitrogens is 4. The standard InChI is InChI=1S/C27H34N6O4/c1-27(2,3)37-26(35)32-10-4-5-18(14-32)33-23-21(24(28)29-30-25(23)34)22(31-33)15-6-8-19(9-7-15)36-20-12-16-11-17(16)13-20/h6-9,16-18,20H,4-5,10-14H2,1-3H3,(H2,28,29)(H,30,34). The molecule has 3 N–H and O–H groups in total. The second-order valence-corrected chi connectivity index (χ2v) is 11.7. The zero-order valence-corrected chi connectivity index (χ0v) is 21.6. The highest BCUT2D eigenvalue weighted by Crippen LogP contribution is 2.52. The van der Waals surface area contributed by atoms with Gasteiger partial charge < -0.3 is 20.1 Å². The van der Waals surface area contributed by atoms with Crippen molar-refractivity contribution >= 4 is 22.8 Å². The molecule has 1 aromatic carbocycles. The maximum Gasteiger partial charge on any atom is 0.410 e. The van der Waals surface area contributed by atoms with Gasteiger partial charge in [0.15, 0.2) is 5.82 Å². The van der Waals surface area contributed by atoms with Crippen LogP contribution in [0.2, 0.25) is 0 Å². The Morgan fingerprint density at radius 1 is 1.14 bits per heavy atom. The van der Waals surface area contributed by atoms with Gasteiger partial charge in [-0.1, -0.05) is 0 Å². The molecule has 3 heterocycles. The molecule has 196 valence electrons. The van der Waals surface area contributed by atoms with Crippen LogP contribution < -0.4 is 16.0 Å². The second kappa shape index (κ2) is 8.78. The molecule has 3 aromatic rings. The monoisotopic (exact) mass is 506 g/mol. The zero-order chi connectivity index (χ0) is 25.9. The largest absolute Gasteiger partial charge is 0.490 e. The molecule has 2 aliphatic carbocycles. The van der Waals surface area contributed by atoms with Crippen LogP contribution in [0.1, 0.15) is 58.9 Å². The highest BCUT2D eigenvalue weighted by Gasteiger charge is 2.46. The maximum absolute atomic E-state index is 13.0. The van der Waals surface area contributed by atoms with Crippen molar-refractivity contribution < 1.29 is 14.3 Å². The van der Waals surface area contributed by atoms with Gasteiger partial charge in [-0.25, -0.2) is 9.89 Å². The summed E-state index contributed by atoms with van der Waals surface area (Å²) >= 11 is 0. The molecule has 6 rings (SSSR count). The maximum atomic E-state index is 13.0. The van der Waals surface area contributed by atoms with Crippen molar-refractivity contribution in [2.45, 2.75) is 70.6 Å². The van der Waals surface area contributed by atoms with Gasteiger partial charge in [0.05, 0.1) is 17.5 Å². The number of nitrogens with two attached hydrogens (primary N) is 1. The summed E-state index contributed by atoms with van der Waals surface area (Å²) < 4.78 is 13.5.